The minimum atomic E-state index is -0.801. The molecule has 16 heavy (non-hydrogen) atoms. The first kappa shape index (κ1) is 25.5. The zero-order valence-corrected chi connectivity index (χ0v) is 15.0. The largest absolute Gasteiger partial charge is 0 e. The Morgan fingerprint density at radius 3 is 0.750 bits per heavy atom. The average molecular weight is 611 g/mol. The van der Waals surface area contributed by atoms with Gasteiger partial charge in [0.25, 0.3) is 0 Å². The van der Waals surface area contributed by atoms with Gasteiger partial charge in [-0.05, 0) is 0 Å². The number of carbonyl (C=O) groups is 3. The first-order valence-corrected chi connectivity index (χ1v) is 6.84. The first-order valence-electron chi connectivity index (χ1n) is 3.21. The van der Waals surface area contributed by atoms with Gasteiger partial charge in [-0.3, -0.25) is 0 Å². The molecule has 0 aromatic rings. The van der Waals surface area contributed by atoms with E-state index in [1.807, 2.05) is 0 Å². The van der Waals surface area contributed by atoms with Gasteiger partial charge in [0.1, 0.15) is 0 Å². The van der Waals surface area contributed by atoms with Crippen molar-refractivity contribution in [2.75, 3.05) is 0 Å². The Morgan fingerprint density at radius 1 is 0.688 bits per heavy atom. The molecule has 0 amide bonds. The summed E-state index contributed by atoms with van der Waals surface area (Å²) in [4.78, 5) is 28.0. The summed E-state index contributed by atoms with van der Waals surface area (Å²) in [6.07, 6.45) is 0. The second kappa shape index (κ2) is 21.0. The smallest absolute Gasteiger partial charge is 0 e. The molecule has 0 saturated heterocycles. The molecular formula is C6H9AuO6Se3. The molecule has 0 aromatic heterocycles. The Bertz CT molecular complexity index is 167. The van der Waals surface area contributed by atoms with Gasteiger partial charge in [0.05, 0.1) is 0 Å². The molecule has 10 heteroatoms. The SMILES string of the molecule is O=C(O)C[Se].O=C(O)C[Se].O=C(O)C[Se].[Au]. The molecular weight excluding hydrogens is 602 g/mol. The summed E-state index contributed by atoms with van der Waals surface area (Å²) in [5.74, 6) is -2.40. The van der Waals surface area contributed by atoms with E-state index in [1.165, 1.54) is 0 Å². The van der Waals surface area contributed by atoms with Crippen LogP contribution in [0.4, 0.5) is 0 Å². The summed E-state index contributed by atoms with van der Waals surface area (Å²) in [6.45, 7) is 0. The molecule has 0 fully saturated rings. The maximum absolute atomic E-state index is 9.34. The van der Waals surface area contributed by atoms with Crippen LogP contribution in [0.15, 0.2) is 0 Å². The molecule has 0 aliphatic rings. The molecule has 0 unspecified atom stereocenters. The van der Waals surface area contributed by atoms with Crippen molar-refractivity contribution >= 4 is 65.9 Å². The van der Waals surface area contributed by atoms with Gasteiger partial charge >= 0.3 is 112 Å². The van der Waals surface area contributed by atoms with Crippen LogP contribution in [-0.4, -0.2) is 81.3 Å². The number of rotatable bonds is 3. The Balaban J connectivity index is -0.0000000655. The third kappa shape index (κ3) is 61.4. The van der Waals surface area contributed by atoms with Crippen LogP contribution in [0.2, 0.25) is 16.0 Å². The van der Waals surface area contributed by atoms with Crippen molar-refractivity contribution in [2.24, 2.45) is 0 Å². The van der Waals surface area contributed by atoms with E-state index in [9.17, 15) is 14.4 Å². The second-order valence-corrected chi connectivity index (χ2v) is 3.43. The number of aliphatic carboxylic acids is 3. The topological polar surface area (TPSA) is 112 Å². The molecule has 98 valence electrons. The maximum Gasteiger partial charge on any atom is 0 e. The Hall–Kier alpha value is 0.709. The van der Waals surface area contributed by atoms with E-state index in [0.29, 0.717) is 0 Å². The molecule has 0 bridgehead atoms. The molecule has 0 aliphatic carbocycles. The van der Waals surface area contributed by atoms with Gasteiger partial charge in [0, 0.05) is 22.4 Å². The van der Waals surface area contributed by atoms with E-state index in [1.54, 1.807) is 0 Å². The van der Waals surface area contributed by atoms with Gasteiger partial charge in [-0.25, -0.2) is 0 Å². The number of hydrogen-bond donors (Lipinski definition) is 3. The molecule has 0 aliphatic heterocycles. The van der Waals surface area contributed by atoms with Crippen molar-refractivity contribution < 1.29 is 52.1 Å². The third-order valence-corrected chi connectivity index (χ3v) is 1.92. The minimum absolute atomic E-state index is 0. The fourth-order valence-electron chi connectivity index (χ4n) is 0. The van der Waals surface area contributed by atoms with E-state index in [4.69, 9.17) is 15.3 Å². The van der Waals surface area contributed by atoms with E-state index in [-0.39, 0.29) is 38.3 Å². The third-order valence-electron chi connectivity index (χ3n) is 0.370. The Kier molecular flexibility index (Phi) is 33.6. The van der Waals surface area contributed by atoms with Gasteiger partial charge < -0.3 is 0 Å². The summed E-state index contributed by atoms with van der Waals surface area (Å²) in [5.41, 5.74) is 0. The Labute approximate surface area is 133 Å². The molecule has 0 rings (SSSR count). The van der Waals surface area contributed by atoms with Gasteiger partial charge in [-0.2, -0.15) is 0 Å². The van der Waals surface area contributed by atoms with Crippen LogP contribution in [0.25, 0.3) is 0 Å². The van der Waals surface area contributed by atoms with Crippen LogP contribution in [0, 0.1) is 0 Å². The van der Waals surface area contributed by atoms with Crippen molar-refractivity contribution in [1.29, 1.82) is 0 Å². The van der Waals surface area contributed by atoms with Crippen molar-refractivity contribution in [2.45, 2.75) is 16.0 Å². The van der Waals surface area contributed by atoms with Crippen LogP contribution in [0.5, 0.6) is 0 Å². The molecule has 4 radical (unpaired) electrons. The predicted molar refractivity (Wildman–Crippen MR) is 54.6 cm³/mol. The molecule has 3 N–H and O–H groups in total. The second-order valence-electron chi connectivity index (χ2n) is 1.61. The Morgan fingerprint density at radius 2 is 0.750 bits per heavy atom. The summed E-state index contributed by atoms with van der Waals surface area (Å²) in [7, 11) is 0. The van der Waals surface area contributed by atoms with Crippen molar-refractivity contribution in [3.8, 4) is 0 Å². The standard InChI is InChI=1S/3C2H3O2Se.Au/c3*3-2(4)1-5;/h3*1H2,(H,3,4);. The maximum atomic E-state index is 9.34. The van der Waals surface area contributed by atoms with E-state index >= 15 is 0 Å². The first-order chi connectivity index (χ1) is 6.81. The summed E-state index contributed by atoms with van der Waals surface area (Å²) >= 11 is 7.03. The average Bonchev–Trinajstić information content (AvgIpc) is 2.19. The molecule has 0 saturated carbocycles. The van der Waals surface area contributed by atoms with Crippen LogP contribution in [-0.2, 0) is 36.8 Å². The summed E-state index contributed by atoms with van der Waals surface area (Å²) in [5, 5.41) is 23.4. The van der Waals surface area contributed by atoms with Gasteiger partial charge in [0.15, 0.2) is 0 Å². The molecule has 0 aromatic carbocycles. The van der Waals surface area contributed by atoms with Crippen LogP contribution in [0.3, 0.4) is 0 Å². The monoisotopic (exact) mass is 614 g/mol. The number of carboxylic acid groups (broad SMARTS) is 3. The van der Waals surface area contributed by atoms with E-state index < -0.39 is 17.9 Å². The minimum Gasteiger partial charge on any atom is 0 e. The zero-order chi connectivity index (χ0) is 12.9. The van der Waals surface area contributed by atoms with Gasteiger partial charge in [0.2, 0.25) is 0 Å². The van der Waals surface area contributed by atoms with Gasteiger partial charge in [-0.15, -0.1) is 0 Å². The summed E-state index contributed by atoms with van der Waals surface area (Å²) in [6, 6.07) is 0. The van der Waals surface area contributed by atoms with Crippen molar-refractivity contribution in [3.63, 3.8) is 0 Å². The molecule has 0 spiro atoms. The van der Waals surface area contributed by atoms with Gasteiger partial charge in [-0.1, -0.05) is 0 Å². The number of carboxylic acids is 3. The fourth-order valence-corrected chi connectivity index (χ4v) is 0. The van der Waals surface area contributed by atoms with Crippen LogP contribution < -0.4 is 0 Å². The molecule has 0 atom stereocenters. The zero-order valence-electron chi connectivity index (χ0n) is 7.71. The normalized spacial score (nSPS) is 6.94. The van der Waals surface area contributed by atoms with Crippen molar-refractivity contribution in [3.05, 3.63) is 0 Å². The molecule has 0 heterocycles. The molecule has 6 nitrogen and oxygen atoms in total. The van der Waals surface area contributed by atoms with Crippen LogP contribution >= 0.6 is 0 Å². The van der Waals surface area contributed by atoms with Crippen molar-refractivity contribution in [1.82, 2.24) is 0 Å². The van der Waals surface area contributed by atoms with E-state index in [0.717, 1.165) is 0 Å². The quantitative estimate of drug-likeness (QED) is 0.353. The van der Waals surface area contributed by atoms with E-state index in [2.05, 4.69) is 48.0 Å². The predicted octanol–water partition coefficient (Wildman–Crippen LogP) is -1.03. The number of hydrogen-bond acceptors (Lipinski definition) is 3. The van der Waals surface area contributed by atoms with Crippen LogP contribution in [0.1, 0.15) is 0 Å². The summed E-state index contributed by atoms with van der Waals surface area (Å²) < 4.78 is 0. The fraction of sp³-hybridized carbons (Fsp3) is 0.500.